The Kier molecular flexibility index (Phi) is 5.61. The van der Waals surface area contributed by atoms with Crippen LogP contribution in [0.1, 0.15) is 36.5 Å². The molecule has 0 aliphatic carbocycles. The second-order valence-electron chi connectivity index (χ2n) is 5.34. The van der Waals surface area contributed by atoms with Crippen molar-refractivity contribution >= 4 is 11.6 Å². The minimum atomic E-state index is -0.181. The number of amides is 1. The van der Waals surface area contributed by atoms with Gasteiger partial charge in [-0.15, -0.1) is 0 Å². The molecule has 1 saturated heterocycles. The number of hydrogen-bond donors (Lipinski definition) is 3. The molecule has 1 amide bonds. The van der Waals surface area contributed by atoms with Crippen LogP contribution in [0.4, 0.5) is 5.69 Å². The van der Waals surface area contributed by atoms with Crippen LogP contribution in [-0.4, -0.2) is 31.6 Å². The lowest BCUT2D eigenvalue weighted by Crippen LogP contribution is -2.47. The molecule has 22 heavy (non-hydrogen) atoms. The van der Waals surface area contributed by atoms with E-state index in [-0.39, 0.29) is 11.9 Å². The van der Waals surface area contributed by atoms with Crippen LogP contribution in [0.5, 0.6) is 5.75 Å². The van der Waals surface area contributed by atoms with Crippen molar-refractivity contribution in [2.75, 3.05) is 19.0 Å². The van der Waals surface area contributed by atoms with E-state index in [2.05, 4.69) is 22.9 Å². The van der Waals surface area contributed by atoms with Gasteiger partial charge in [-0.1, -0.05) is 6.92 Å². The monoisotopic (exact) mass is 302 g/mol. The summed E-state index contributed by atoms with van der Waals surface area (Å²) >= 11 is 0. The summed E-state index contributed by atoms with van der Waals surface area (Å²) in [5.41, 5.74) is 1.000. The van der Waals surface area contributed by atoms with Gasteiger partial charge in [-0.05, 0) is 44.0 Å². The third-order valence-electron chi connectivity index (χ3n) is 3.98. The predicted molar refractivity (Wildman–Crippen MR) is 84.8 cm³/mol. The van der Waals surface area contributed by atoms with E-state index in [4.69, 9.17) is 10.00 Å². The molecular weight excluding hydrogens is 280 g/mol. The van der Waals surface area contributed by atoms with Crippen molar-refractivity contribution < 1.29 is 9.53 Å². The average molecular weight is 302 g/mol. The van der Waals surface area contributed by atoms with Crippen LogP contribution < -0.4 is 20.7 Å². The lowest BCUT2D eigenvalue weighted by molar-refractivity contribution is 0.0924. The number of carbonyl (C=O) groups excluding carboxylic acids is 1. The third kappa shape index (κ3) is 3.68. The van der Waals surface area contributed by atoms with Gasteiger partial charge >= 0.3 is 0 Å². The molecule has 0 aromatic heterocycles. The second kappa shape index (κ2) is 7.66. The zero-order chi connectivity index (χ0) is 15.9. The number of methoxy groups -OCH3 is 1. The van der Waals surface area contributed by atoms with Gasteiger partial charge in [-0.3, -0.25) is 10.1 Å². The number of benzene rings is 1. The first-order valence-electron chi connectivity index (χ1n) is 7.57. The SMILES string of the molecule is CCC(NC(=O)c1cc(NC#N)ccc1OC)C1CCCN1. The van der Waals surface area contributed by atoms with Crippen LogP contribution in [0, 0.1) is 11.5 Å². The smallest absolute Gasteiger partial charge is 0.255 e. The molecule has 1 aromatic rings. The molecule has 1 aliphatic rings. The van der Waals surface area contributed by atoms with E-state index in [1.165, 1.54) is 7.11 Å². The highest BCUT2D eigenvalue weighted by Gasteiger charge is 2.25. The quantitative estimate of drug-likeness (QED) is 0.551. The van der Waals surface area contributed by atoms with Crippen molar-refractivity contribution in [2.45, 2.75) is 38.3 Å². The zero-order valence-corrected chi connectivity index (χ0v) is 13.0. The summed E-state index contributed by atoms with van der Waals surface area (Å²) in [6.07, 6.45) is 4.93. The van der Waals surface area contributed by atoms with E-state index in [9.17, 15) is 4.79 Å². The van der Waals surface area contributed by atoms with Crippen molar-refractivity contribution in [2.24, 2.45) is 0 Å². The molecule has 1 heterocycles. The molecule has 118 valence electrons. The number of hydrogen-bond acceptors (Lipinski definition) is 5. The van der Waals surface area contributed by atoms with Crippen LogP contribution in [0.15, 0.2) is 18.2 Å². The maximum absolute atomic E-state index is 12.6. The number of nitrogens with one attached hydrogen (secondary N) is 3. The molecular formula is C16H22N4O2. The average Bonchev–Trinajstić information content (AvgIpc) is 3.07. The first-order chi connectivity index (χ1) is 10.7. The molecule has 1 fully saturated rings. The van der Waals surface area contributed by atoms with Crippen molar-refractivity contribution in [1.29, 1.82) is 5.26 Å². The maximum atomic E-state index is 12.6. The van der Waals surface area contributed by atoms with Gasteiger partial charge in [0.05, 0.1) is 12.7 Å². The molecule has 1 aromatic carbocycles. The largest absolute Gasteiger partial charge is 0.496 e. The second-order valence-corrected chi connectivity index (χ2v) is 5.34. The van der Waals surface area contributed by atoms with Gasteiger partial charge in [0.2, 0.25) is 0 Å². The van der Waals surface area contributed by atoms with Crippen LogP contribution in [0.2, 0.25) is 0 Å². The molecule has 6 heteroatoms. The Hall–Kier alpha value is -2.26. The highest BCUT2D eigenvalue weighted by atomic mass is 16.5. The Morgan fingerprint density at radius 1 is 1.59 bits per heavy atom. The summed E-state index contributed by atoms with van der Waals surface area (Å²) in [6.45, 7) is 3.07. The number of anilines is 1. The summed E-state index contributed by atoms with van der Waals surface area (Å²) in [5.74, 6) is 0.314. The molecule has 2 rings (SSSR count). The summed E-state index contributed by atoms with van der Waals surface area (Å²) in [4.78, 5) is 12.6. The number of rotatable bonds is 6. The fraction of sp³-hybridized carbons (Fsp3) is 0.500. The Bertz CT molecular complexity index is 562. The fourth-order valence-corrected chi connectivity index (χ4v) is 2.82. The maximum Gasteiger partial charge on any atom is 0.255 e. The number of ether oxygens (including phenoxy) is 1. The highest BCUT2D eigenvalue weighted by molar-refractivity contribution is 5.98. The summed E-state index contributed by atoms with van der Waals surface area (Å²) < 4.78 is 5.25. The Morgan fingerprint density at radius 3 is 3.00 bits per heavy atom. The number of nitriles is 1. The van der Waals surface area contributed by atoms with Gasteiger partial charge in [0.1, 0.15) is 5.75 Å². The lowest BCUT2D eigenvalue weighted by Gasteiger charge is -2.24. The van der Waals surface area contributed by atoms with E-state index in [0.29, 0.717) is 23.0 Å². The van der Waals surface area contributed by atoms with Gasteiger partial charge < -0.3 is 15.4 Å². The van der Waals surface area contributed by atoms with Crippen molar-refractivity contribution in [3.05, 3.63) is 23.8 Å². The lowest BCUT2D eigenvalue weighted by atomic mass is 10.0. The molecule has 1 aliphatic heterocycles. The first-order valence-corrected chi connectivity index (χ1v) is 7.57. The van der Waals surface area contributed by atoms with E-state index < -0.39 is 0 Å². The van der Waals surface area contributed by atoms with Crippen LogP contribution in [-0.2, 0) is 0 Å². The summed E-state index contributed by atoms with van der Waals surface area (Å²) in [5, 5.41) is 17.7. The van der Waals surface area contributed by atoms with E-state index >= 15 is 0 Å². The Labute approximate surface area is 130 Å². The normalized spacial score (nSPS) is 18.3. The Balaban J connectivity index is 2.16. The molecule has 6 nitrogen and oxygen atoms in total. The third-order valence-corrected chi connectivity index (χ3v) is 3.98. The predicted octanol–water partition coefficient (Wildman–Crippen LogP) is 1.85. The molecule has 2 atom stereocenters. The van der Waals surface area contributed by atoms with Gasteiger partial charge in [0, 0.05) is 17.8 Å². The first kappa shape index (κ1) is 16.1. The van der Waals surface area contributed by atoms with Crippen LogP contribution in [0.25, 0.3) is 0 Å². The number of carbonyl (C=O) groups is 1. The van der Waals surface area contributed by atoms with Crippen LogP contribution in [0.3, 0.4) is 0 Å². The standard InChI is InChI=1S/C16H22N4O2/c1-3-13(14-5-4-8-18-14)20-16(21)12-9-11(19-10-17)6-7-15(12)22-2/h6-7,9,13-14,18-19H,3-5,8H2,1-2H3,(H,20,21). The zero-order valence-electron chi connectivity index (χ0n) is 13.0. The molecule has 0 radical (unpaired) electrons. The molecule has 0 saturated carbocycles. The highest BCUT2D eigenvalue weighted by Crippen LogP contribution is 2.23. The minimum absolute atomic E-state index is 0.0901. The molecule has 2 unspecified atom stereocenters. The Morgan fingerprint density at radius 2 is 2.41 bits per heavy atom. The molecule has 0 bridgehead atoms. The van der Waals surface area contributed by atoms with E-state index in [1.54, 1.807) is 18.2 Å². The topological polar surface area (TPSA) is 86.2 Å². The van der Waals surface area contributed by atoms with Crippen molar-refractivity contribution in [1.82, 2.24) is 10.6 Å². The summed E-state index contributed by atoms with van der Waals surface area (Å²) in [7, 11) is 1.53. The molecule has 3 N–H and O–H groups in total. The van der Waals surface area contributed by atoms with Gasteiger partial charge in [-0.25, -0.2) is 0 Å². The van der Waals surface area contributed by atoms with Crippen molar-refractivity contribution in [3.63, 3.8) is 0 Å². The minimum Gasteiger partial charge on any atom is -0.496 e. The van der Waals surface area contributed by atoms with Gasteiger partial charge in [-0.2, -0.15) is 5.26 Å². The van der Waals surface area contributed by atoms with E-state index in [1.807, 2.05) is 6.19 Å². The number of nitrogens with zero attached hydrogens (tertiary/aromatic N) is 1. The fourth-order valence-electron chi connectivity index (χ4n) is 2.82. The van der Waals surface area contributed by atoms with Crippen LogP contribution >= 0.6 is 0 Å². The van der Waals surface area contributed by atoms with Gasteiger partial charge in [0.15, 0.2) is 6.19 Å². The van der Waals surface area contributed by atoms with Crippen molar-refractivity contribution in [3.8, 4) is 11.9 Å². The summed E-state index contributed by atoms with van der Waals surface area (Å²) in [6, 6.07) is 5.43. The van der Waals surface area contributed by atoms with E-state index in [0.717, 1.165) is 25.8 Å². The van der Waals surface area contributed by atoms with Gasteiger partial charge in [0.25, 0.3) is 5.91 Å². The molecule has 0 spiro atoms.